The van der Waals surface area contributed by atoms with Crippen molar-refractivity contribution in [3.8, 4) is 0 Å². The minimum absolute atomic E-state index is 0.188. The third kappa shape index (κ3) is 5.02. The summed E-state index contributed by atoms with van der Waals surface area (Å²) in [6.07, 6.45) is 4.39. The lowest BCUT2D eigenvalue weighted by atomic mass is 9.98. The monoisotopic (exact) mass is 291 g/mol. The van der Waals surface area contributed by atoms with E-state index in [2.05, 4.69) is 10.1 Å². The van der Waals surface area contributed by atoms with Crippen molar-refractivity contribution in [1.29, 1.82) is 0 Å². The standard InChI is InChI=1S/C16H25N3O2/c17-16(18-21)11-14-7-3-2-6-13(14)10-15(20)12-19-8-4-1-5-9-19/h2-3,6-7,15,20-21H,1,4-5,8-12H2,(H2,17,18). The van der Waals surface area contributed by atoms with Gasteiger partial charge in [0.25, 0.3) is 0 Å². The maximum atomic E-state index is 10.3. The first-order valence-corrected chi connectivity index (χ1v) is 7.62. The zero-order valence-electron chi connectivity index (χ0n) is 12.4. The van der Waals surface area contributed by atoms with Gasteiger partial charge in [-0.15, -0.1) is 0 Å². The number of nitrogens with two attached hydrogens (primary N) is 1. The quantitative estimate of drug-likeness (QED) is 0.320. The molecule has 1 aliphatic rings. The van der Waals surface area contributed by atoms with Crippen LogP contribution in [0, 0.1) is 0 Å². The average Bonchev–Trinajstić information content (AvgIpc) is 2.50. The number of β-amino-alcohol motifs (C(OH)–C–C–N with tert-alkyl or cyclic N) is 1. The molecular formula is C16H25N3O2. The highest BCUT2D eigenvalue weighted by molar-refractivity contribution is 5.82. The van der Waals surface area contributed by atoms with Crippen LogP contribution in [0.2, 0.25) is 0 Å². The predicted molar refractivity (Wildman–Crippen MR) is 83.6 cm³/mol. The summed E-state index contributed by atoms with van der Waals surface area (Å²) in [4.78, 5) is 2.33. The van der Waals surface area contributed by atoms with Crippen molar-refractivity contribution in [3.05, 3.63) is 35.4 Å². The van der Waals surface area contributed by atoms with Gasteiger partial charge in [-0.25, -0.2) is 0 Å². The number of hydrogen-bond acceptors (Lipinski definition) is 4. The van der Waals surface area contributed by atoms with Gasteiger partial charge in [-0.1, -0.05) is 35.8 Å². The molecule has 1 aromatic carbocycles. The lowest BCUT2D eigenvalue weighted by Gasteiger charge is -2.28. The molecule has 0 radical (unpaired) electrons. The second kappa shape index (κ2) is 8.00. The molecule has 21 heavy (non-hydrogen) atoms. The first-order valence-electron chi connectivity index (χ1n) is 7.62. The highest BCUT2D eigenvalue weighted by Gasteiger charge is 2.16. The first-order chi connectivity index (χ1) is 10.2. The molecule has 1 atom stereocenters. The van der Waals surface area contributed by atoms with Gasteiger partial charge in [0.2, 0.25) is 0 Å². The third-order valence-electron chi connectivity index (χ3n) is 3.99. The molecule has 0 aliphatic carbocycles. The summed E-state index contributed by atoms with van der Waals surface area (Å²) in [7, 11) is 0. The van der Waals surface area contributed by atoms with E-state index in [-0.39, 0.29) is 11.9 Å². The van der Waals surface area contributed by atoms with Crippen LogP contribution in [-0.2, 0) is 12.8 Å². The molecule has 0 amide bonds. The largest absolute Gasteiger partial charge is 0.409 e. The minimum atomic E-state index is -0.378. The Morgan fingerprint density at radius 1 is 1.19 bits per heavy atom. The van der Waals surface area contributed by atoms with Crippen molar-refractivity contribution in [1.82, 2.24) is 4.90 Å². The van der Waals surface area contributed by atoms with Crippen molar-refractivity contribution in [2.45, 2.75) is 38.2 Å². The lowest BCUT2D eigenvalue weighted by molar-refractivity contribution is 0.101. The highest BCUT2D eigenvalue weighted by atomic mass is 16.4. The molecule has 1 aliphatic heterocycles. The number of hydrogen-bond donors (Lipinski definition) is 3. The van der Waals surface area contributed by atoms with E-state index in [0.717, 1.165) is 30.8 Å². The molecule has 0 bridgehead atoms. The van der Waals surface area contributed by atoms with Gasteiger partial charge >= 0.3 is 0 Å². The number of nitrogens with zero attached hydrogens (tertiary/aromatic N) is 2. The second-order valence-electron chi connectivity index (χ2n) is 5.76. The van der Waals surface area contributed by atoms with Crippen molar-refractivity contribution in [2.24, 2.45) is 10.9 Å². The Hall–Kier alpha value is -1.59. The van der Waals surface area contributed by atoms with Gasteiger partial charge in [0.05, 0.1) is 6.10 Å². The first kappa shape index (κ1) is 15.8. The third-order valence-corrected chi connectivity index (χ3v) is 3.99. The molecular weight excluding hydrogens is 266 g/mol. The number of aliphatic hydroxyl groups excluding tert-OH is 1. The molecule has 2 rings (SSSR count). The zero-order valence-corrected chi connectivity index (χ0v) is 12.4. The van der Waals surface area contributed by atoms with E-state index < -0.39 is 0 Å². The normalized spacial score (nSPS) is 18.6. The fourth-order valence-electron chi connectivity index (χ4n) is 2.92. The Morgan fingerprint density at radius 3 is 2.52 bits per heavy atom. The minimum Gasteiger partial charge on any atom is -0.409 e. The predicted octanol–water partition coefficient (Wildman–Crippen LogP) is 1.36. The van der Waals surface area contributed by atoms with E-state index in [9.17, 15) is 5.11 Å². The molecule has 0 spiro atoms. The van der Waals surface area contributed by atoms with E-state index in [4.69, 9.17) is 10.9 Å². The van der Waals surface area contributed by atoms with Gasteiger partial charge < -0.3 is 20.9 Å². The fourth-order valence-corrected chi connectivity index (χ4v) is 2.92. The van der Waals surface area contributed by atoms with Gasteiger partial charge in [0, 0.05) is 13.0 Å². The van der Waals surface area contributed by atoms with Gasteiger partial charge in [0.15, 0.2) is 0 Å². The van der Waals surface area contributed by atoms with Gasteiger partial charge in [-0.3, -0.25) is 0 Å². The Kier molecular flexibility index (Phi) is 6.02. The molecule has 0 aromatic heterocycles. The molecule has 5 nitrogen and oxygen atoms in total. The summed E-state index contributed by atoms with van der Waals surface area (Å²) in [6.45, 7) is 2.89. The highest BCUT2D eigenvalue weighted by Crippen LogP contribution is 2.14. The molecule has 0 saturated carbocycles. The molecule has 5 heteroatoms. The Morgan fingerprint density at radius 2 is 1.86 bits per heavy atom. The molecule has 1 unspecified atom stereocenters. The summed E-state index contributed by atoms with van der Waals surface area (Å²) in [5.74, 6) is 0.188. The number of likely N-dealkylation sites (tertiary alicyclic amines) is 1. The zero-order chi connectivity index (χ0) is 15.1. The van der Waals surface area contributed by atoms with Crippen LogP contribution >= 0.6 is 0 Å². The van der Waals surface area contributed by atoms with Crippen LogP contribution in [0.5, 0.6) is 0 Å². The van der Waals surface area contributed by atoms with Gasteiger partial charge in [-0.2, -0.15) is 0 Å². The number of piperidine rings is 1. The topological polar surface area (TPSA) is 82.1 Å². The van der Waals surface area contributed by atoms with Crippen LogP contribution in [0.3, 0.4) is 0 Å². The summed E-state index contributed by atoms with van der Waals surface area (Å²) >= 11 is 0. The lowest BCUT2D eigenvalue weighted by Crippen LogP contribution is -2.37. The van der Waals surface area contributed by atoms with Crippen LogP contribution in [0.25, 0.3) is 0 Å². The van der Waals surface area contributed by atoms with Crippen LogP contribution in [-0.4, -0.2) is 46.8 Å². The van der Waals surface area contributed by atoms with Crippen LogP contribution < -0.4 is 5.73 Å². The van der Waals surface area contributed by atoms with Gasteiger partial charge in [0.1, 0.15) is 5.84 Å². The maximum Gasteiger partial charge on any atom is 0.143 e. The van der Waals surface area contributed by atoms with Crippen molar-refractivity contribution < 1.29 is 10.3 Å². The summed E-state index contributed by atoms with van der Waals surface area (Å²) < 4.78 is 0. The van der Waals surface area contributed by atoms with E-state index in [1.54, 1.807) is 0 Å². The Bertz CT molecular complexity index is 470. The second-order valence-corrected chi connectivity index (χ2v) is 5.76. The van der Waals surface area contributed by atoms with Gasteiger partial charge in [-0.05, 0) is 43.5 Å². The summed E-state index contributed by atoms with van der Waals surface area (Å²) in [6, 6.07) is 7.85. The van der Waals surface area contributed by atoms with E-state index >= 15 is 0 Å². The van der Waals surface area contributed by atoms with Crippen molar-refractivity contribution in [2.75, 3.05) is 19.6 Å². The fraction of sp³-hybridized carbons (Fsp3) is 0.562. The number of benzene rings is 1. The van der Waals surface area contributed by atoms with Crippen molar-refractivity contribution in [3.63, 3.8) is 0 Å². The summed E-state index contributed by atoms with van der Waals surface area (Å²) in [5, 5.41) is 22.0. The molecule has 4 N–H and O–H groups in total. The molecule has 1 heterocycles. The number of oxime groups is 1. The summed E-state index contributed by atoms with van der Waals surface area (Å²) in [5.41, 5.74) is 7.65. The number of aliphatic hydroxyl groups is 1. The van der Waals surface area contributed by atoms with Crippen LogP contribution in [0.1, 0.15) is 30.4 Å². The van der Waals surface area contributed by atoms with Crippen molar-refractivity contribution >= 4 is 5.84 Å². The molecule has 1 aromatic rings. The van der Waals surface area contributed by atoms with Crippen LogP contribution in [0.15, 0.2) is 29.4 Å². The Labute approximate surface area is 126 Å². The molecule has 1 fully saturated rings. The number of rotatable bonds is 6. The molecule has 1 saturated heterocycles. The maximum absolute atomic E-state index is 10.3. The van der Waals surface area contributed by atoms with E-state index in [1.165, 1.54) is 19.3 Å². The molecule has 116 valence electrons. The van der Waals surface area contributed by atoms with Crippen LogP contribution in [0.4, 0.5) is 0 Å². The van der Waals surface area contributed by atoms with E-state index in [1.807, 2.05) is 24.3 Å². The number of amidine groups is 1. The Balaban J connectivity index is 1.94. The van der Waals surface area contributed by atoms with E-state index in [0.29, 0.717) is 12.8 Å². The smallest absolute Gasteiger partial charge is 0.143 e. The average molecular weight is 291 g/mol. The SMILES string of the molecule is NC(Cc1ccccc1CC(O)CN1CCCCC1)=NO.